The Morgan fingerprint density at radius 3 is 2.78 bits per heavy atom. The van der Waals surface area contributed by atoms with E-state index in [0.29, 0.717) is 19.6 Å². The molecule has 0 heterocycles. The number of oxime groups is 1. The number of hydrogen-bond donors (Lipinski definition) is 1. The van der Waals surface area contributed by atoms with Crippen molar-refractivity contribution < 1.29 is 14.7 Å². The summed E-state index contributed by atoms with van der Waals surface area (Å²) in [6, 6.07) is 9.97. The summed E-state index contributed by atoms with van der Waals surface area (Å²) in [5.41, 5.74) is 1.13. The van der Waals surface area contributed by atoms with E-state index in [4.69, 9.17) is 14.7 Å². The SMILES string of the molecule is C=CC[C@H](COCc1ccccc1)OC/C=N\O. The third kappa shape index (κ3) is 6.18. The van der Waals surface area contributed by atoms with Crippen LogP contribution in [0, 0.1) is 0 Å². The van der Waals surface area contributed by atoms with E-state index in [9.17, 15) is 0 Å². The Kier molecular flexibility index (Phi) is 7.52. The Hall–Kier alpha value is -1.65. The maximum atomic E-state index is 8.27. The van der Waals surface area contributed by atoms with Gasteiger partial charge in [-0.05, 0) is 12.0 Å². The summed E-state index contributed by atoms with van der Waals surface area (Å²) < 4.78 is 11.0. The molecule has 1 N–H and O–H groups in total. The maximum absolute atomic E-state index is 8.27. The lowest BCUT2D eigenvalue weighted by Gasteiger charge is -2.15. The average Bonchev–Trinajstić information content (AvgIpc) is 2.40. The van der Waals surface area contributed by atoms with Gasteiger partial charge in [0.2, 0.25) is 0 Å². The van der Waals surface area contributed by atoms with Crippen LogP contribution in [-0.4, -0.2) is 30.7 Å². The van der Waals surface area contributed by atoms with E-state index in [2.05, 4.69) is 11.7 Å². The molecule has 4 heteroatoms. The molecule has 0 aliphatic carbocycles. The van der Waals surface area contributed by atoms with Gasteiger partial charge in [-0.15, -0.1) is 6.58 Å². The summed E-state index contributed by atoms with van der Waals surface area (Å²) in [6.45, 7) is 4.99. The summed E-state index contributed by atoms with van der Waals surface area (Å²) in [6.07, 6.45) is 3.72. The number of rotatable bonds is 9. The molecule has 0 saturated heterocycles. The second-order valence-electron chi connectivity index (χ2n) is 3.78. The van der Waals surface area contributed by atoms with Crippen molar-refractivity contribution in [2.24, 2.45) is 5.16 Å². The number of benzene rings is 1. The van der Waals surface area contributed by atoms with Crippen molar-refractivity contribution in [2.75, 3.05) is 13.2 Å². The molecule has 1 rings (SSSR count). The summed E-state index contributed by atoms with van der Waals surface area (Å²) >= 11 is 0. The fraction of sp³-hybridized carbons (Fsp3) is 0.357. The molecular formula is C14H19NO3. The van der Waals surface area contributed by atoms with Gasteiger partial charge >= 0.3 is 0 Å². The molecule has 0 bridgehead atoms. The monoisotopic (exact) mass is 249 g/mol. The van der Waals surface area contributed by atoms with Crippen molar-refractivity contribution in [1.29, 1.82) is 0 Å². The quantitative estimate of drug-likeness (QED) is 0.317. The average molecular weight is 249 g/mol. The van der Waals surface area contributed by atoms with E-state index in [0.717, 1.165) is 5.56 Å². The van der Waals surface area contributed by atoms with Gasteiger partial charge in [0.25, 0.3) is 0 Å². The molecule has 0 aromatic heterocycles. The van der Waals surface area contributed by atoms with Crippen LogP contribution in [0.1, 0.15) is 12.0 Å². The van der Waals surface area contributed by atoms with Crippen molar-refractivity contribution in [3.05, 3.63) is 48.6 Å². The number of nitrogens with zero attached hydrogens (tertiary/aromatic N) is 1. The molecule has 0 spiro atoms. The van der Waals surface area contributed by atoms with Crippen LogP contribution in [0.4, 0.5) is 0 Å². The van der Waals surface area contributed by atoms with E-state index in [1.54, 1.807) is 6.08 Å². The zero-order valence-electron chi connectivity index (χ0n) is 10.4. The van der Waals surface area contributed by atoms with Gasteiger partial charge in [-0.25, -0.2) is 0 Å². The predicted octanol–water partition coefficient (Wildman–Crippen LogP) is 2.62. The summed E-state index contributed by atoms with van der Waals surface area (Å²) in [4.78, 5) is 0. The predicted molar refractivity (Wildman–Crippen MR) is 70.9 cm³/mol. The molecule has 0 aliphatic rings. The van der Waals surface area contributed by atoms with E-state index >= 15 is 0 Å². The maximum Gasteiger partial charge on any atom is 0.0857 e. The van der Waals surface area contributed by atoms with E-state index < -0.39 is 0 Å². The largest absolute Gasteiger partial charge is 0.411 e. The van der Waals surface area contributed by atoms with E-state index in [1.807, 2.05) is 30.3 Å². The lowest BCUT2D eigenvalue weighted by molar-refractivity contribution is -0.00543. The first-order chi connectivity index (χ1) is 8.86. The van der Waals surface area contributed by atoms with Crippen molar-refractivity contribution >= 4 is 6.21 Å². The van der Waals surface area contributed by atoms with Gasteiger partial charge < -0.3 is 14.7 Å². The van der Waals surface area contributed by atoms with Gasteiger partial charge in [0.05, 0.1) is 32.1 Å². The summed E-state index contributed by atoms with van der Waals surface area (Å²) in [5.74, 6) is 0. The lowest BCUT2D eigenvalue weighted by atomic mass is 10.2. The zero-order chi connectivity index (χ0) is 13.1. The first-order valence-corrected chi connectivity index (χ1v) is 5.87. The highest BCUT2D eigenvalue weighted by atomic mass is 16.5. The standard InChI is InChI=1S/C14H19NO3/c1-2-6-14(18-10-9-15-16)12-17-11-13-7-4-3-5-8-13/h2-5,7-9,14,16H,1,6,10-12H2/b15-9-/t14-/m1/s1. The van der Waals surface area contributed by atoms with E-state index in [1.165, 1.54) is 6.21 Å². The first kappa shape index (κ1) is 14.4. The second-order valence-corrected chi connectivity index (χ2v) is 3.78. The summed E-state index contributed by atoms with van der Waals surface area (Å²) in [5, 5.41) is 11.2. The number of ether oxygens (including phenoxy) is 2. The minimum atomic E-state index is -0.0655. The normalized spacial score (nSPS) is 12.7. The van der Waals surface area contributed by atoms with Crippen LogP contribution in [0.5, 0.6) is 0 Å². The molecule has 1 aromatic rings. The van der Waals surface area contributed by atoms with Gasteiger partial charge in [-0.3, -0.25) is 0 Å². The molecule has 4 nitrogen and oxygen atoms in total. The van der Waals surface area contributed by atoms with Gasteiger partial charge in [0.1, 0.15) is 0 Å². The molecule has 0 amide bonds. The van der Waals surface area contributed by atoms with Crippen molar-refractivity contribution in [2.45, 2.75) is 19.1 Å². The minimum Gasteiger partial charge on any atom is -0.411 e. The van der Waals surface area contributed by atoms with Gasteiger partial charge in [-0.2, -0.15) is 0 Å². The van der Waals surface area contributed by atoms with E-state index in [-0.39, 0.29) is 12.7 Å². The van der Waals surface area contributed by atoms with Crippen molar-refractivity contribution in [3.63, 3.8) is 0 Å². The molecule has 0 fully saturated rings. The Morgan fingerprint density at radius 2 is 2.11 bits per heavy atom. The Balaban J connectivity index is 2.26. The molecule has 0 aliphatic heterocycles. The molecule has 1 aromatic carbocycles. The van der Waals surface area contributed by atoms with Crippen LogP contribution < -0.4 is 0 Å². The van der Waals surface area contributed by atoms with Gasteiger partial charge in [-0.1, -0.05) is 41.6 Å². The first-order valence-electron chi connectivity index (χ1n) is 5.87. The van der Waals surface area contributed by atoms with Crippen LogP contribution >= 0.6 is 0 Å². The minimum absolute atomic E-state index is 0.0655. The molecule has 0 saturated carbocycles. The molecule has 1 atom stereocenters. The van der Waals surface area contributed by atoms with Crippen LogP contribution in [0.15, 0.2) is 48.1 Å². The Morgan fingerprint density at radius 1 is 1.33 bits per heavy atom. The molecule has 98 valence electrons. The van der Waals surface area contributed by atoms with Crippen molar-refractivity contribution in [1.82, 2.24) is 0 Å². The Labute approximate surface area is 108 Å². The molecule has 0 radical (unpaired) electrons. The van der Waals surface area contributed by atoms with Gasteiger partial charge in [0.15, 0.2) is 0 Å². The van der Waals surface area contributed by atoms with Crippen LogP contribution in [0.25, 0.3) is 0 Å². The highest BCUT2D eigenvalue weighted by molar-refractivity contribution is 5.57. The number of hydrogen-bond acceptors (Lipinski definition) is 4. The molecule has 18 heavy (non-hydrogen) atoms. The fourth-order valence-electron chi connectivity index (χ4n) is 1.46. The van der Waals surface area contributed by atoms with Crippen molar-refractivity contribution in [3.8, 4) is 0 Å². The fourth-order valence-corrected chi connectivity index (χ4v) is 1.46. The topological polar surface area (TPSA) is 51.0 Å². The third-order valence-corrected chi connectivity index (χ3v) is 2.33. The third-order valence-electron chi connectivity index (χ3n) is 2.33. The smallest absolute Gasteiger partial charge is 0.0857 e. The lowest BCUT2D eigenvalue weighted by Crippen LogP contribution is -2.20. The van der Waals surface area contributed by atoms with Crippen LogP contribution in [0.2, 0.25) is 0 Å². The van der Waals surface area contributed by atoms with Gasteiger partial charge in [0, 0.05) is 0 Å². The highest BCUT2D eigenvalue weighted by Crippen LogP contribution is 2.04. The second kappa shape index (κ2) is 9.39. The highest BCUT2D eigenvalue weighted by Gasteiger charge is 2.06. The van der Waals surface area contributed by atoms with Crippen LogP contribution in [0.3, 0.4) is 0 Å². The molecular weight excluding hydrogens is 230 g/mol. The molecule has 0 unspecified atom stereocenters. The zero-order valence-corrected chi connectivity index (χ0v) is 10.4. The van der Waals surface area contributed by atoms with Crippen LogP contribution in [-0.2, 0) is 16.1 Å². The summed E-state index contributed by atoms with van der Waals surface area (Å²) in [7, 11) is 0. The Bertz CT molecular complexity index is 351.